The van der Waals surface area contributed by atoms with Gasteiger partial charge in [-0.05, 0) is 42.5 Å². The first-order chi connectivity index (χ1) is 14.7. The lowest BCUT2D eigenvalue weighted by Crippen LogP contribution is -2.46. The van der Waals surface area contributed by atoms with Gasteiger partial charge in [-0.3, -0.25) is 9.78 Å². The summed E-state index contributed by atoms with van der Waals surface area (Å²) in [5.41, 5.74) is 3.12. The van der Waals surface area contributed by atoms with E-state index in [0.717, 1.165) is 16.7 Å². The van der Waals surface area contributed by atoms with Crippen molar-refractivity contribution in [3.8, 4) is 11.1 Å². The van der Waals surface area contributed by atoms with E-state index in [9.17, 15) is 9.18 Å². The van der Waals surface area contributed by atoms with Gasteiger partial charge in [-0.1, -0.05) is 48.5 Å². The van der Waals surface area contributed by atoms with Gasteiger partial charge in [-0.15, -0.1) is 0 Å². The van der Waals surface area contributed by atoms with Crippen LogP contribution in [0.25, 0.3) is 11.1 Å². The normalized spacial score (nSPS) is 15.5. The second-order valence-electron chi connectivity index (χ2n) is 7.74. The van der Waals surface area contributed by atoms with E-state index in [4.69, 9.17) is 4.74 Å². The van der Waals surface area contributed by atoms with E-state index in [1.54, 1.807) is 24.4 Å². The van der Waals surface area contributed by atoms with E-state index in [1.165, 1.54) is 6.07 Å². The van der Waals surface area contributed by atoms with Gasteiger partial charge >= 0.3 is 0 Å². The van der Waals surface area contributed by atoms with Gasteiger partial charge < -0.3 is 10.1 Å². The first kappa shape index (κ1) is 20.2. The van der Waals surface area contributed by atoms with Gasteiger partial charge in [0.05, 0.1) is 5.41 Å². The van der Waals surface area contributed by atoms with Gasteiger partial charge in [0.15, 0.2) is 0 Å². The molecule has 30 heavy (non-hydrogen) atoms. The van der Waals surface area contributed by atoms with Crippen molar-refractivity contribution in [2.45, 2.75) is 25.8 Å². The molecule has 0 radical (unpaired) electrons. The van der Waals surface area contributed by atoms with Gasteiger partial charge in [0, 0.05) is 43.3 Å². The van der Waals surface area contributed by atoms with Crippen molar-refractivity contribution in [1.82, 2.24) is 10.3 Å². The summed E-state index contributed by atoms with van der Waals surface area (Å²) in [7, 11) is 0. The predicted octanol–water partition coefficient (Wildman–Crippen LogP) is 4.54. The Morgan fingerprint density at radius 2 is 1.73 bits per heavy atom. The molecule has 0 unspecified atom stereocenters. The van der Waals surface area contributed by atoms with Crippen LogP contribution >= 0.6 is 0 Å². The molecule has 0 spiro atoms. The van der Waals surface area contributed by atoms with Gasteiger partial charge in [-0.25, -0.2) is 4.39 Å². The lowest BCUT2D eigenvalue weighted by atomic mass is 9.73. The highest BCUT2D eigenvalue weighted by molar-refractivity contribution is 5.83. The number of nitrogens with one attached hydrogen (secondary N) is 1. The predicted molar refractivity (Wildman–Crippen MR) is 114 cm³/mol. The summed E-state index contributed by atoms with van der Waals surface area (Å²) in [5, 5.41) is 2.98. The number of carbonyl (C=O) groups excluding carboxylic acids is 1. The zero-order valence-electron chi connectivity index (χ0n) is 16.8. The number of hydrogen-bond donors (Lipinski definition) is 1. The highest BCUT2D eigenvalue weighted by atomic mass is 19.1. The second kappa shape index (κ2) is 9.18. The van der Waals surface area contributed by atoms with Crippen LogP contribution in [0.3, 0.4) is 0 Å². The Balaban J connectivity index is 1.59. The highest BCUT2D eigenvalue weighted by Gasteiger charge is 2.40. The van der Waals surface area contributed by atoms with Crippen molar-refractivity contribution in [1.29, 1.82) is 0 Å². The third kappa shape index (κ3) is 4.41. The smallest absolute Gasteiger partial charge is 0.226 e. The van der Waals surface area contributed by atoms with E-state index in [2.05, 4.69) is 22.4 Å². The van der Waals surface area contributed by atoms with Crippen molar-refractivity contribution in [3.05, 3.63) is 90.0 Å². The number of amides is 1. The Kier molecular flexibility index (Phi) is 6.19. The molecule has 4 rings (SSSR count). The van der Waals surface area contributed by atoms with Crippen LogP contribution in [0, 0.1) is 11.2 Å². The molecule has 1 aliphatic rings. The minimum absolute atomic E-state index is 0.0463. The maximum Gasteiger partial charge on any atom is 0.226 e. The molecule has 1 fully saturated rings. The summed E-state index contributed by atoms with van der Waals surface area (Å²) in [6.07, 6.45) is 5.47. The summed E-state index contributed by atoms with van der Waals surface area (Å²) in [6.45, 7) is 1.27. The van der Waals surface area contributed by atoms with Gasteiger partial charge in [0.1, 0.15) is 5.82 Å². The number of carbonyl (C=O) groups is 1. The van der Waals surface area contributed by atoms with Crippen molar-refractivity contribution >= 4 is 5.91 Å². The fourth-order valence-electron chi connectivity index (χ4n) is 4.09. The fraction of sp³-hybridized carbons (Fsp3) is 0.280. The third-order valence-electron chi connectivity index (χ3n) is 5.85. The average molecular weight is 404 g/mol. The maximum atomic E-state index is 14.0. The molecule has 4 nitrogen and oxygen atoms in total. The van der Waals surface area contributed by atoms with Crippen molar-refractivity contribution in [2.24, 2.45) is 5.41 Å². The molecule has 0 aliphatic carbocycles. The average Bonchev–Trinajstić information content (AvgIpc) is 2.80. The van der Waals surface area contributed by atoms with E-state index in [-0.39, 0.29) is 18.3 Å². The van der Waals surface area contributed by atoms with E-state index < -0.39 is 5.41 Å². The Labute approximate surface area is 176 Å². The molecule has 1 amide bonds. The van der Waals surface area contributed by atoms with E-state index in [1.807, 2.05) is 30.5 Å². The summed E-state index contributed by atoms with van der Waals surface area (Å²) < 4.78 is 19.5. The van der Waals surface area contributed by atoms with Gasteiger partial charge in [-0.2, -0.15) is 0 Å². The fourth-order valence-corrected chi connectivity index (χ4v) is 4.09. The Morgan fingerprint density at radius 1 is 1.00 bits per heavy atom. The molecule has 0 bridgehead atoms. The summed E-state index contributed by atoms with van der Waals surface area (Å²) in [5.74, 6) is -0.351. The lowest BCUT2D eigenvalue weighted by Gasteiger charge is -2.36. The van der Waals surface area contributed by atoms with Crippen LogP contribution in [0.1, 0.15) is 24.0 Å². The SMILES string of the molecule is O=C(NCc1ccccc1F)C1(Cc2ccccc2-c2cccnc2)CCOCC1. The highest BCUT2D eigenvalue weighted by Crippen LogP contribution is 2.37. The number of ether oxygens (including phenoxy) is 1. The summed E-state index contributed by atoms with van der Waals surface area (Å²) in [4.78, 5) is 17.6. The number of rotatable bonds is 6. The Hall–Kier alpha value is -3.05. The number of halogens is 1. The van der Waals surface area contributed by atoms with Crippen LogP contribution in [0.15, 0.2) is 73.1 Å². The molecule has 0 atom stereocenters. The molecule has 1 aliphatic heterocycles. The molecule has 1 aromatic heterocycles. The molecule has 0 saturated carbocycles. The lowest BCUT2D eigenvalue weighted by molar-refractivity contribution is -0.136. The molecule has 2 heterocycles. The summed E-state index contributed by atoms with van der Waals surface area (Å²) in [6, 6.07) is 18.6. The molecule has 154 valence electrons. The molecular weight excluding hydrogens is 379 g/mol. The number of nitrogens with zero attached hydrogens (tertiary/aromatic N) is 1. The first-order valence-corrected chi connectivity index (χ1v) is 10.3. The molecule has 2 aromatic carbocycles. The number of pyridine rings is 1. The summed E-state index contributed by atoms with van der Waals surface area (Å²) >= 11 is 0. The van der Waals surface area contributed by atoms with E-state index >= 15 is 0 Å². The quantitative estimate of drug-likeness (QED) is 0.656. The zero-order chi connectivity index (χ0) is 20.8. The van der Waals surface area contributed by atoms with Gasteiger partial charge in [0.2, 0.25) is 5.91 Å². The zero-order valence-corrected chi connectivity index (χ0v) is 16.8. The number of benzene rings is 2. The Bertz CT molecular complexity index is 1000. The van der Waals surface area contributed by atoms with Crippen LogP contribution < -0.4 is 5.32 Å². The standard InChI is InChI=1S/C25H25FN2O2/c26-23-10-4-2-7-21(23)18-28-24(29)25(11-14-30-15-12-25)16-19-6-1-3-9-22(19)20-8-5-13-27-17-20/h1-10,13,17H,11-12,14-16,18H2,(H,28,29). The van der Waals surface area contributed by atoms with Crippen LogP contribution in [0.2, 0.25) is 0 Å². The number of aromatic nitrogens is 1. The van der Waals surface area contributed by atoms with Crippen molar-refractivity contribution < 1.29 is 13.9 Å². The Morgan fingerprint density at radius 3 is 2.47 bits per heavy atom. The molecule has 1 saturated heterocycles. The van der Waals surface area contributed by atoms with Crippen LogP contribution in [0.4, 0.5) is 4.39 Å². The van der Waals surface area contributed by atoms with E-state index in [0.29, 0.717) is 38.0 Å². The topological polar surface area (TPSA) is 51.2 Å². The maximum absolute atomic E-state index is 14.0. The van der Waals surface area contributed by atoms with Crippen molar-refractivity contribution in [2.75, 3.05) is 13.2 Å². The minimum Gasteiger partial charge on any atom is -0.381 e. The molecular formula is C25H25FN2O2. The second-order valence-corrected chi connectivity index (χ2v) is 7.74. The van der Waals surface area contributed by atoms with Gasteiger partial charge in [0.25, 0.3) is 0 Å². The van der Waals surface area contributed by atoms with Crippen LogP contribution in [-0.4, -0.2) is 24.1 Å². The van der Waals surface area contributed by atoms with Crippen LogP contribution in [0.5, 0.6) is 0 Å². The first-order valence-electron chi connectivity index (χ1n) is 10.3. The minimum atomic E-state index is -0.582. The largest absolute Gasteiger partial charge is 0.381 e. The number of hydrogen-bond acceptors (Lipinski definition) is 3. The third-order valence-corrected chi connectivity index (χ3v) is 5.85. The van der Waals surface area contributed by atoms with Crippen molar-refractivity contribution in [3.63, 3.8) is 0 Å². The monoisotopic (exact) mass is 404 g/mol. The molecule has 5 heteroatoms. The molecule has 1 N–H and O–H groups in total. The molecule has 3 aromatic rings. The van der Waals surface area contributed by atoms with Crippen LogP contribution in [-0.2, 0) is 22.5 Å².